The molecule has 1 aliphatic carbocycles. The Kier molecular flexibility index (Phi) is 6.52. The first kappa shape index (κ1) is 14.5. The molecule has 0 radical (unpaired) electrons. The van der Waals surface area contributed by atoms with Crippen LogP contribution in [0.2, 0.25) is 0 Å². The van der Waals surface area contributed by atoms with Crippen LogP contribution >= 0.6 is 0 Å². The Morgan fingerprint density at radius 2 is 2.00 bits per heavy atom. The van der Waals surface area contributed by atoms with Crippen molar-refractivity contribution in [3.05, 3.63) is 0 Å². The topological polar surface area (TPSA) is 49.6 Å². The second-order valence-corrected chi connectivity index (χ2v) is 4.97. The van der Waals surface area contributed by atoms with Crippen LogP contribution in [0.25, 0.3) is 0 Å². The molecule has 17 heavy (non-hydrogen) atoms. The predicted octanol–water partition coefficient (Wildman–Crippen LogP) is 1.06. The SMILES string of the molecule is CCCN(CCC(=O)N(C)CCCN)C1CC1. The highest BCUT2D eigenvalue weighted by atomic mass is 16.2. The number of carbonyl (C=O) groups is 1. The highest BCUT2D eigenvalue weighted by Gasteiger charge is 2.28. The summed E-state index contributed by atoms with van der Waals surface area (Å²) in [5.41, 5.74) is 5.44. The summed E-state index contributed by atoms with van der Waals surface area (Å²) in [7, 11) is 1.87. The van der Waals surface area contributed by atoms with Crippen molar-refractivity contribution in [2.24, 2.45) is 5.73 Å². The van der Waals surface area contributed by atoms with E-state index < -0.39 is 0 Å². The van der Waals surface area contributed by atoms with Crippen LogP contribution in [0.3, 0.4) is 0 Å². The maximum absolute atomic E-state index is 11.9. The normalized spacial score (nSPS) is 15.3. The summed E-state index contributed by atoms with van der Waals surface area (Å²) in [5.74, 6) is 0.250. The summed E-state index contributed by atoms with van der Waals surface area (Å²) in [6, 6.07) is 0.761. The molecule has 0 spiro atoms. The molecule has 1 amide bonds. The van der Waals surface area contributed by atoms with Gasteiger partial charge in [0, 0.05) is 32.6 Å². The summed E-state index contributed by atoms with van der Waals surface area (Å²) in [6.07, 6.45) is 5.35. The zero-order chi connectivity index (χ0) is 12.7. The minimum Gasteiger partial charge on any atom is -0.346 e. The van der Waals surface area contributed by atoms with Crippen LogP contribution in [-0.4, -0.2) is 55.0 Å². The van der Waals surface area contributed by atoms with Crippen LogP contribution in [-0.2, 0) is 4.79 Å². The summed E-state index contributed by atoms with van der Waals surface area (Å²) >= 11 is 0. The number of nitrogens with zero attached hydrogens (tertiary/aromatic N) is 2. The monoisotopic (exact) mass is 241 g/mol. The average Bonchev–Trinajstić information content (AvgIpc) is 3.15. The minimum absolute atomic E-state index is 0.250. The molecule has 1 fully saturated rings. The smallest absolute Gasteiger partial charge is 0.223 e. The fourth-order valence-electron chi connectivity index (χ4n) is 2.09. The minimum atomic E-state index is 0.250. The van der Waals surface area contributed by atoms with E-state index in [1.807, 2.05) is 11.9 Å². The van der Waals surface area contributed by atoms with E-state index in [-0.39, 0.29) is 5.91 Å². The van der Waals surface area contributed by atoms with Crippen molar-refractivity contribution in [1.82, 2.24) is 9.80 Å². The summed E-state index contributed by atoms with van der Waals surface area (Å²) in [4.78, 5) is 16.1. The van der Waals surface area contributed by atoms with Gasteiger partial charge < -0.3 is 10.6 Å². The quantitative estimate of drug-likeness (QED) is 0.656. The molecule has 0 saturated heterocycles. The zero-order valence-electron chi connectivity index (χ0n) is 11.3. The van der Waals surface area contributed by atoms with Crippen molar-refractivity contribution < 1.29 is 4.79 Å². The molecule has 0 aromatic carbocycles. The standard InChI is InChI=1S/C13H27N3O/c1-3-9-16(12-5-6-12)11-7-13(17)15(2)10-4-8-14/h12H,3-11,14H2,1-2H3. The van der Waals surface area contributed by atoms with Gasteiger partial charge in [0.25, 0.3) is 0 Å². The van der Waals surface area contributed by atoms with E-state index in [9.17, 15) is 4.79 Å². The molecule has 4 nitrogen and oxygen atoms in total. The highest BCUT2D eigenvalue weighted by Crippen LogP contribution is 2.26. The van der Waals surface area contributed by atoms with Crippen LogP contribution in [0.4, 0.5) is 0 Å². The van der Waals surface area contributed by atoms with Gasteiger partial charge in [-0.25, -0.2) is 0 Å². The van der Waals surface area contributed by atoms with Crippen LogP contribution in [0, 0.1) is 0 Å². The molecule has 100 valence electrons. The van der Waals surface area contributed by atoms with Crippen LogP contribution in [0.5, 0.6) is 0 Å². The Morgan fingerprint density at radius 3 is 2.53 bits per heavy atom. The lowest BCUT2D eigenvalue weighted by Crippen LogP contribution is -2.34. The maximum atomic E-state index is 11.9. The Labute approximate surface area is 105 Å². The van der Waals surface area contributed by atoms with Crippen molar-refractivity contribution in [2.75, 3.05) is 33.2 Å². The Bertz CT molecular complexity index is 229. The molecule has 1 rings (SSSR count). The van der Waals surface area contributed by atoms with Crippen LogP contribution < -0.4 is 5.73 Å². The maximum Gasteiger partial charge on any atom is 0.223 e. The Morgan fingerprint density at radius 1 is 1.29 bits per heavy atom. The molecular weight excluding hydrogens is 214 g/mol. The van der Waals surface area contributed by atoms with Gasteiger partial charge in [0.2, 0.25) is 5.91 Å². The van der Waals surface area contributed by atoms with Gasteiger partial charge in [0.15, 0.2) is 0 Å². The van der Waals surface area contributed by atoms with E-state index >= 15 is 0 Å². The van der Waals surface area contributed by atoms with Crippen molar-refractivity contribution in [2.45, 2.75) is 45.1 Å². The fraction of sp³-hybridized carbons (Fsp3) is 0.923. The molecular formula is C13H27N3O. The van der Waals surface area contributed by atoms with E-state index in [2.05, 4.69) is 11.8 Å². The number of amides is 1. The van der Waals surface area contributed by atoms with Gasteiger partial charge in [-0.15, -0.1) is 0 Å². The third kappa shape index (κ3) is 5.50. The Hall–Kier alpha value is -0.610. The molecule has 4 heteroatoms. The second-order valence-electron chi connectivity index (χ2n) is 4.97. The fourth-order valence-corrected chi connectivity index (χ4v) is 2.09. The predicted molar refractivity (Wildman–Crippen MR) is 70.8 cm³/mol. The summed E-state index contributed by atoms with van der Waals surface area (Å²) in [5, 5.41) is 0. The number of carbonyl (C=O) groups excluding carboxylic acids is 1. The Balaban J connectivity index is 2.20. The van der Waals surface area contributed by atoms with Crippen molar-refractivity contribution in [3.8, 4) is 0 Å². The van der Waals surface area contributed by atoms with Gasteiger partial charge >= 0.3 is 0 Å². The van der Waals surface area contributed by atoms with Gasteiger partial charge in [0.1, 0.15) is 0 Å². The molecule has 0 unspecified atom stereocenters. The van der Waals surface area contributed by atoms with Gasteiger partial charge in [-0.05, 0) is 38.8 Å². The lowest BCUT2D eigenvalue weighted by molar-refractivity contribution is -0.130. The molecule has 0 atom stereocenters. The first-order valence-electron chi connectivity index (χ1n) is 6.87. The van der Waals surface area contributed by atoms with E-state index in [0.717, 1.165) is 32.1 Å². The van der Waals surface area contributed by atoms with Crippen LogP contribution in [0.1, 0.15) is 39.0 Å². The van der Waals surface area contributed by atoms with E-state index in [1.54, 1.807) is 0 Å². The van der Waals surface area contributed by atoms with Gasteiger partial charge in [-0.3, -0.25) is 9.69 Å². The van der Waals surface area contributed by atoms with Gasteiger partial charge in [-0.1, -0.05) is 6.92 Å². The summed E-state index contributed by atoms with van der Waals surface area (Å²) in [6.45, 7) is 5.69. The third-order valence-electron chi connectivity index (χ3n) is 3.31. The van der Waals surface area contributed by atoms with Gasteiger partial charge in [-0.2, -0.15) is 0 Å². The van der Waals surface area contributed by atoms with Crippen molar-refractivity contribution in [3.63, 3.8) is 0 Å². The first-order valence-corrected chi connectivity index (χ1v) is 6.87. The summed E-state index contributed by atoms with van der Waals surface area (Å²) < 4.78 is 0. The molecule has 1 aliphatic rings. The first-order chi connectivity index (χ1) is 8.19. The lowest BCUT2D eigenvalue weighted by Gasteiger charge is -2.23. The molecule has 0 aromatic heterocycles. The second kappa shape index (κ2) is 7.67. The molecule has 0 aromatic rings. The van der Waals surface area contributed by atoms with Crippen molar-refractivity contribution >= 4 is 5.91 Å². The number of rotatable bonds is 9. The van der Waals surface area contributed by atoms with Gasteiger partial charge in [0.05, 0.1) is 0 Å². The number of hydrogen-bond donors (Lipinski definition) is 1. The van der Waals surface area contributed by atoms with E-state index in [0.29, 0.717) is 13.0 Å². The van der Waals surface area contributed by atoms with Crippen LogP contribution in [0.15, 0.2) is 0 Å². The average molecular weight is 241 g/mol. The molecule has 2 N–H and O–H groups in total. The number of nitrogens with two attached hydrogens (primary N) is 1. The van der Waals surface area contributed by atoms with Crippen molar-refractivity contribution in [1.29, 1.82) is 0 Å². The van der Waals surface area contributed by atoms with E-state index in [4.69, 9.17) is 5.73 Å². The molecule has 0 heterocycles. The third-order valence-corrected chi connectivity index (χ3v) is 3.31. The molecule has 0 bridgehead atoms. The molecule has 1 saturated carbocycles. The largest absolute Gasteiger partial charge is 0.346 e. The highest BCUT2D eigenvalue weighted by molar-refractivity contribution is 5.76. The lowest BCUT2D eigenvalue weighted by atomic mass is 10.3. The van der Waals surface area contributed by atoms with E-state index in [1.165, 1.54) is 19.3 Å². The number of hydrogen-bond acceptors (Lipinski definition) is 3. The zero-order valence-corrected chi connectivity index (χ0v) is 11.3. The molecule has 0 aliphatic heterocycles.